The normalized spacial score (nSPS) is 10.1. The van der Waals surface area contributed by atoms with Crippen molar-refractivity contribution in [3.8, 4) is 0 Å². The van der Waals surface area contributed by atoms with Crippen LogP contribution in [0.1, 0.15) is 20.7 Å². The Balaban J connectivity index is 2.03. The lowest BCUT2D eigenvalue weighted by molar-refractivity contribution is 0.0600. The van der Waals surface area contributed by atoms with Crippen molar-refractivity contribution in [1.82, 2.24) is 10.3 Å². The highest BCUT2D eigenvalue weighted by molar-refractivity contribution is 5.95. The number of amides is 1. The number of hydrogen-bond donors (Lipinski definition) is 2. The molecule has 2 aromatic rings. The van der Waals surface area contributed by atoms with Gasteiger partial charge in [0.1, 0.15) is 5.82 Å². The van der Waals surface area contributed by atoms with E-state index in [1.54, 1.807) is 49.7 Å². The fraction of sp³-hybridized carbons (Fsp3) is 0.235. The van der Waals surface area contributed by atoms with Crippen molar-refractivity contribution in [3.63, 3.8) is 0 Å². The quantitative estimate of drug-likeness (QED) is 0.596. The molecule has 0 saturated carbocycles. The number of pyridine rings is 1. The van der Waals surface area contributed by atoms with Gasteiger partial charge >= 0.3 is 5.97 Å². The number of ether oxygens (including phenoxy) is 2. The molecule has 2 rings (SSSR count). The molecule has 1 amide bonds. The molecule has 0 aliphatic carbocycles. The summed E-state index contributed by atoms with van der Waals surface area (Å²) in [5.74, 6) is -0.0619. The molecule has 1 aromatic carbocycles. The summed E-state index contributed by atoms with van der Waals surface area (Å²) in [6.45, 7) is 0.893. The summed E-state index contributed by atoms with van der Waals surface area (Å²) in [5.41, 5.74) is 1.70. The lowest BCUT2D eigenvalue weighted by atomic mass is 10.2. The molecule has 7 nitrogen and oxygen atoms in total. The van der Waals surface area contributed by atoms with E-state index in [-0.39, 0.29) is 5.91 Å². The third kappa shape index (κ3) is 4.79. The number of carbonyl (C=O) groups is 2. The lowest BCUT2D eigenvalue weighted by Gasteiger charge is -2.08. The van der Waals surface area contributed by atoms with E-state index in [1.807, 2.05) is 0 Å². The minimum Gasteiger partial charge on any atom is -0.465 e. The van der Waals surface area contributed by atoms with E-state index in [1.165, 1.54) is 7.11 Å². The second kappa shape index (κ2) is 8.64. The average molecular weight is 329 g/mol. The zero-order valence-electron chi connectivity index (χ0n) is 13.5. The summed E-state index contributed by atoms with van der Waals surface area (Å²) < 4.78 is 9.54. The number of benzene rings is 1. The highest BCUT2D eigenvalue weighted by Crippen LogP contribution is 2.16. The number of nitrogens with zero attached hydrogens (tertiary/aromatic N) is 1. The van der Waals surface area contributed by atoms with Crippen LogP contribution < -0.4 is 10.6 Å². The zero-order valence-corrected chi connectivity index (χ0v) is 13.5. The Bertz CT molecular complexity index is 701. The van der Waals surface area contributed by atoms with Crippen LogP contribution in [0.2, 0.25) is 0 Å². The van der Waals surface area contributed by atoms with E-state index < -0.39 is 5.97 Å². The molecule has 0 bridgehead atoms. The number of methoxy groups -OCH3 is 2. The highest BCUT2D eigenvalue weighted by Gasteiger charge is 2.08. The van der Waals surface area contributed by atoms with E-state index >= 15 is 0 Å². The molecule has 24 heavy (non-hydrogen) atoms. The molecule has 0 atom stereocenters. The van der Waals surface area contributed by atoms with Crippen LogP contribution in [0.3, 0.4) is 0 Å². The molecule has 1 heterocycles. The Morgan fingerprint density at radius 1 is 1.08 bits per heavy atom. The molecule has 0 fully saturated rings. The zero-order chi connectivity index (χ0) is 17.4. The van der Waals surface area contributed by atoms with Crippen LogP contribution in [0.15, 0.2) is 42.6 Å². The molecular formula is C17H19N3O4. The number of rotatable bonds is 7. The summed E-state index contributed by atoms with van der Waals surface area (Å²) in [4.78, 5) is 27.6. The van der Waals surface area contributed by atoms with Crippen molar-refractivity contribution in [2.45, 2.75) is 0 Å². The van der Waals surface area contributed by atoms with Crippen molar-refractivity contribution < 1.29 is 19.1 Å². The van der Waals surface area contributed by atoms with Gasteiger partial charge in [-0.3, -0.25) is 4.79 Å². The van der Waals surface area contributed by atoms with Gasteiger partial charge in [-0.25, -0.2) is 9.78 Å². The predicted octanol–water partition coefficient (Wildman–Crippen LogP) is 1.99. The molecule has 2 N–H and O–H groups in total. The van der Waals surface area contributed by atoms with Crippen molar-refractivity contribution in [2.24, 2.45) is 0 Å². The molecule has 7 heteroatoms. The summed E-state index contributed by atoms with van der Waals surface area (Å²) in [6, 6.07) is 10.0. The van der Waals surface area contributed by atoms with Gasteiger partial charge in [-0.2, -0.15) is 0 Å². The van der Waals surface area contributed by atoms with Gasteiger partial charge in [0.05, 0.1) is 19.3 Å². The van der Waals surface area contributed by atoms with Gasteiger partial charge in [0.25, 0.3) is 5.91 Å². The Labute approximate surface area is 140 Å². The van der Waals surface area contributed by atoms with E-state index in [0.29, 0.717) is 30.1 Å². The van der Waals surface area contributed by atoms with E-state index in [4.69, 9.17) is 4.74 Å². The maximum Gasteiger partial charge on any atom is 0.337 e. The smallest absolute Gasteiger partial charge is 0.337 e. The first-order valence-electron chi connectivity index (χ1n) is 7.32. The fourth-order valence-electron chi connectivity index (χ4n) is 1.96. The number of anilines is 2. The highest BCUT2D eigenvalue weighted by atomic mass is 16.5. The largest absolute Gasteiger partial charge is 0.465 e. The van der Waals surface area contributed by atoms with Gasteiger partial charge in [-0.05, 0) is 36.4 Å². The molecule has 0 spiro atoms. The minimum atomic E-state index is -0.394. The van der Waals surface area contributed by atoms with Crippen LogP contribution in [-0.2, 0) is 9.47 Å². The lowest BCUT2D eigenvalue weighted by Crippen LogP contribution is -2.26. The fourth-order valence-corrected chi connectivity index (χ4v) is 1.96. The van der Waals surface area contributed by atoms with Crippen LogP contribution in [0.5, 0.6) is 0 Å². The van der Waals surface area contributed by atoms with Gasteiger partial charge in [-0.15, -0.1) is 0 Å². The van der Waals surface area contributed by atoms with Crippen LogP contribution in [0.25, 0.3) is 0 Å². The van der Waals surface area contributed by atoms with Gasteiger partial charge in [0.15, 0.2) is 0 Å². The van der Waals surface area contributed by atoms with Crippen molar-refractivity contribution in [1.29, 1.82) is 0 Å². The molecular weight excluding hydrogens is 310 g/mol. The standard InChI is InChI=1S/C17H19N3O4/c1-23-10-9-19-16(21)13-7-8-18-15(11-13)20-14-5-3-12(4-6-14)17(22)24-2/h3-8,11H,9-10H2,1-2H3,(H,18,20)(H,19,21). The Morgan fingerprint density at radius 2 is 1.83 bits per heavy atom. The van der Waals surface area contributed by atoms with Crippen LogP contribution in [-0.4, -0.2) is 44.2 Å². The third-order valence-electron chi connectivity index (χ3n) is 3.19. The maximum atomic E-state index is 12.0. The Kier molecular flexibility index (Phi) is 6.27. The number of carbonyl (C=O) groups excluding carboxylic acids is 2. The van der Waals surface area contributed by atoms with Crippen LogP contribution in [0.4, 0.5) is 11.5 Å². The van der Waals surface area contributed by atoms with Crippen molar-refractivity contribution >= 4 is 23.4 Å². The molecule has 0 aliphatic rings. The maximum absolute atomic E-state index is 12.0. The second-order valence-corrected chi connectivity index (χ2v) is 4.87. The van der Waals surface area contributed by atoms with E-state index in [9.17, 15) is 9.59 Å². The van der Waals surface area contributed by atoms with E-state index in [2.05, 4.69) is 20.4 Å². The number of hydrogen-bond acceptors (Lipinski definition) is 6. The van der Waals surface area contributed by atoms with Crippen molar-refractivity contribution in [2.75, 3.05) is 32.7 Å². The summed E-state index contributed by atoms with van der Waals surface area (Å²) in [7, 11) is 2.91. The van der Waals surface area contributed by atoms with Gasteiger partial charge < -0.3 is 20.1 Å². The van der Waals surface area contributed by atoms with Crippen molar-refractivity contribution in [3.05, 3.63) is 53.7 Å². The summed E-state index contributed by atoms with van der Waals surface area (Å²) >= 11 is 0. The predicted molar refractivity (Wildman–Crippen MR) is 89.5 cm³/mol. The molecule has 1 aromatic heterocycles. The van der Waals surface area contributed by atoms with E-state index in [0.717, 1.165) is 5.69 Å². The molecule has 0 radical (unpaired) electrons. The second-order valence-electron chi connectivity index (χ2n) is 4.87. The minimum absolute atomic E-state index is 0.196. The number of esters is 1. The first-order chi connectivity index (χ1) is 11.6. The first-order valence-corrected chi connectivity index (χ1v) is 7.32. The molecule has 0 unspecified atom stereocenters. The SMILES string of the molecule is COCCNC(=O)c1ccnc(Nc2ccc(C(=O)OC)cc2)c1. The Hall–Kier alpha value is -2.93. The summed E-state index contributed by atoms with van der Waals surface area (Å²) in [5, 5.41) is 5.83. The third-order valence-corrected chi connectivity index (χ3v) is 3.19. The van der Waals surface area contributed by atoms with Gasteiger partial charge in [0, 0.05) is 31.1 Å². The average Bonchev–Trinajstić information content (AvgIpc) is 2.62. The monoisotopic (exact) mass is 329 g/mol. The topological polar surface area (TPSA) is 89.5 Å². The number of nitrogens with one attached hydrogen (secondary N) is 2. The van der Waals surface area contributed by atoms with Gasteiger partial charge in [0.2, 0.25) is 0 Å². The number of aromatic nitrogens is 1. The Morgan fingerprint density at radius 3 is 2.50 bits per heavy atom. The van der Waals surface area contributed by atoms with Crippen LogP contribution in [0, 0.1) is 0 Å². The summed E-state index contributed by atoms with van der Waals surface area (Å²) in [6.07, 6.45) is 1.55. The molecule has 0 aliphatic heterocycles. The van der Waals surface area contributed by atoms with Gasteiger partial charge in [-0.1, -0.05) is 0 Å². The first kappa shape index (κ1) is 17.4. The molecule has 126 valence electrons. The van der Waals surface area contributed by atoms with Crippen LogP contribution >= 0.6 is 0 Å². The molecule has 0 saturated heterocycles.